The third-order valence-corrected chi connectivity index (χ3v) is 2.32. The average Bonchev–Trinajstić information content (AvgIpc) is 2.28. The predicted molar refractivity (Wildman–Crippen MR) is 61.8 cm³/mol. The highest BCUT2D eigenvalue weighted by molar-refractivity contribution is 5.66. The Morgan fingerprint density at radius 3 is 2.82 bits per heavy atom. The van der Waals surface area contributed by atoms with Crippen molar-refractivity contribution in [2.24, 2.45) is 0 Å². The molecular weight excluding hydrogens is 225 g/mol. The van der Waals surface area contributed by atoms with E-state index in [0.29, 0.717) is 19.5 Å². The van der Waals surface area contributed by atoms with Gasteiger partial charge >= 0.3 is 5.97 Å². The Morgan fingerprint density at radius 1 is 1.47 bits per heavy atom. The van der Waals surface area contributed by atoms with E-state index in [1.165, 1.54) is 13.2 Å². The third-order valence-electron chi connectivity index (χ3n) is 2.32. The van der Waals surface area contributed by atoms with Gasteiger partial charge in [-0.2, -0.15) is 0 Å². The minimum atomic E-state index is -0.826. The second-order valence-electron chi connectivity index (χ2n) is 3.61. The number of hydrogen-bond donors (Lipinski definition) is 2. The summed E-state index contributed by atoms with van der Waals surface area (Å²) in [5, 5.41) is 11.4. The number of carboxylic acid groups (broad SMARTS) is 1. The molecule has 0 spiro atoms. The number of nitrogens with one attached hydrogen (secondary N) is 1. The molecule has 0 radical (unpaired) electrons. The van der Waals surface area contributed by atoms with Crippen molar-refractivity contribution in [2.45, 2.75) is 12.8 Å². The molecule has 1 rings (SSSR count). The maximum Gasteiger partial charge on any atom is 0.304 e. The average molecular weight is 241 g/mol. The van der Waals surface area contributed by atoms with Crippen molar-refractivity contribution in [2.75, 3.05) is 20.2 Å². The second-order valence-corrected chi connectivity index (χ2v) is 3.61. The van der Waals surface area contributed by atoms with Gasteiger partial charge in [-0.3, -0.25) is 4.79 Å². The lowest BCUT2D eigenvalue weighted by molar-refractivity contribution is -0.136. The highest BCUT2D eigenvalue weighted by Gasteiger charge is 2.03. The molecule has 4 nitrogen and oxygen atoms in total. The number of ether oxygens (including phenoxy) is 1. The van der Waals surface area contributed by atoms with Crippen LogP contribution in [0.4, 0.5) is 4.39 Å². The standard InChI is InChI=1S/C12H16FNO3/c1-17-11-3-2-9(8-10(11)13)4-6-14-7-5-12(15)16/h2-3,8,14H,4-7H2,1H3,(H,15,16). The molecule has 2 N–H and O–H groups in total. The SMILES string of the molecule is COc1ccc(CCNCCC(=O)O)cc1F. The normalized spacial score (nSPS) is 10.2. The lowest BCUT2D eigenvalue weighted by Gasteiger charge is -2.06. The summed E-state index contributed by atoms with van der Waals surface area (Å²) in [6.45, 7) is 1.05. The maximum atomic E-state index is 13.3. The van der Waals surface area contributed by atoms with Crippen LogP contribution in [0.2, 0.25) is 0 Å². The molecule has 0 fully saturated rings. The van der Waals surface area contributed by atoms with Crippen LogP contribution in [0.1, 0.15) is 12.0 Å². The molecule has 0 saturated carbocycles. The van der Waals surface area contributed by atoms with Crippen LogP contribution in [0.5, 0.6) is 5.75 Å². The lowest BCUT2D eigenvalue weighted by Crippen LogP contribution is -2.20. The summed E-state index contributed by atoms with van der Waals surface area (Å²) in [6.07, 6.45) is 0.748. The predicted octanol–water partition coefficient (Wildman–Crippen LogP) is 1.44. The van der Waals surface area contributed by atoms with E-state index in [1.807, 2.05) is 0 Å². The third kappa shape index (κ3) is 4.82. The Kier molecular flexibility index (Phi) is 5.42. The first-order valence-corrected chi connectivity index (χ1v) is 5.38. The van der Waals surface area contributed by atoms with Gasteiger partial charge in [0.05, 0.1) is 13.5 Å². The molecule has 0 aliphatic carbocycles. The molecular formula is C12H16FNO3. The van der Waals surface area contributed by atoms with Gasteiger partial charge in [0.1, 0.15) is 0 Å². The highest BCUT2D eigenvalue weighted by Crippen LogP contribution is 2.17. The zero-order valence-electron chi connectivity index (χ0n) is 9.70. The topological polar surface area (TPSA) is 58.6 Å². The van der Waals surface area contributed by atoms with Crippen LogP contribution in [0.25, 0.3) is 0 Å². The van der Waals surface area contributed by atoms with Crippen molar-refractivity contribution in [1.82, 2.24) is 5.32 Å². The van der Waals surface area contributed by atoms with Gasteiger partial charge in [0.2, 0.25) is 0 Å². The summed E-state index contributed by atoms with van der Waals surface area (Å²) < 4.78 is 18.1. The molecule has 94 valence electrons. The Labute approximate surface area is 99.4 Å². The zero-order valence-corrected chi connectivity index (χ0v) is 9.70. The summed E-state index contributed by atoms with van der Waals surface area (Å²) in [6, 6.07) is 4.81. The second kappa shape index (κ2) is 6.85. The smallest absolute Gasteiger partial charge is 0.304 e. The summed E-state index contributed by atoms with van der Waals surface area (Å²) in [7, 11) is 1.42. The van der Waals surface area contributed by atoms with Crippen LogP contribution < -0.4 is 10.1 Å². The van der Waals surface area contributed by atoms with Gasteiger partial charge < -0.3 is 15.2 Å². The number of rotatable bonds is 7. The molecule has 17 heavy (non-hydrogen) atoms. The minimum Gasteiger partial charge on any atom is -0.494 e. The quantitative estimate of drug-likeness (QED) is 0.709. The number of carbonyl (C=O) groups is 1. The minimum absolute atomic E-state index is 0.0942. The molecule has 0 unspecified atom stereocenters. The van der Waals surface area contributed by atoms with Crippen molar-refractivity contribution in [1.29, 1.82) is 0 Å². The van der Waals surface area contributed by atoms with Crippen LogP contribution >= 0.6 is 0 Å². The Bertz CT molecular complexity index is 382. The number of methoxy groups -OCH3 is 1. The summed E-state index contributed by atoms with van der Waals surface area (Å²) in [4.78, 5) is 10.2. The van der Waals surface area contributed by atoms with E-state index >= 15 is 0 Å². The van der Waals surface area contributed by atoms with E-state index in [0.717, 1.165) is 5.56 Å². The first-order valence-electron chi connectivity index (χ1n) is 5.38. The number of halogens is 1. The molecule has 0 aliphatic heterocycles. The van der Waals surface area contributed by atoms with E-state index in [-0.39, 0.29) is 18.0 Å². The van der Waals surface area contributed by atoms with Gasteiger partial charge in [-0.05, 0) is 30.7 Å². The van der Waals surface area contributed by atoms with Gasteiger partial charge in [-0.25, -0.2) is 4.39 Å². The van der Waals surface area contributed by atoms with Crippen molar-refractivity contribution >= 4 is 5.97 Å². The van der Waals surface area contributed by atoms with Crippen molar-refractivity contribution < 1.29 is 19.0 Å². The van der Waals surface area contributed by atoms with Crippen LogP contribution in [-0.4, -0.2) is 31.3 Å². The van der Waals surface area contributed by atoms with Crippen molar-refractivity contribution in [3.8, 4) is 5.75 Å². The number of benzene rings is 1. The van der Waals surface area contributed by atoms with Crippen LogP contribution in [0, 0.1) is 5.82 Å². The van der Waals surface area contributed by atoms with Crippen molar-refractivity contribution in [3.05, 3.63) is 29.6 Å². The van der Waals surface area contributed by atoms with E-state index < -0.39 is 5.97 Å². The number of carboxylic acids is 1. The fourth-order valence-electron chi connectivity index (χ4n) is 1.42. The molecule has 0 aliphatic rings. The van der Waals surface area contributed by atoms with Crippen molar-refractivity contribution in [3.63, 3.8) is 0 Å². The zero-order chi connectivity index (χ0) is 12.7. The fourth-order valence-corrected chi connectivity index (χ4v) is 1.42. The van der Waals surface area contributed by atoms with Gasteiger partial charge in [-0.15, -0.1) is 0 Å². The lowest BCUT2D eigenvalue weighted by atomic mass is 10.1. The number of aliphatic carboxylic acids is 1. The van der Waals surface area contributed by atoms with Crippen LogP contribution in [-0.2, 0) is 11.2 Å². The largest absolute Gasteiger partial charge is 0.494 e. The molecule has 1 aromatic carbocycles. The van der Waals surface area contributed by atoms with E-state index in [2.05, 4.69) is 5.32 Å². The van der Waals surface area contributed by atoms with E-state index in [4.69, 9.17) is 9.84 Å². The summed E-state index contributed by atoms with van der Waals surface area (Å²) in [5.41, 5.74) is 0.853. The summed E-state index contributed by atoms with van der Waals surface area (Å²) >= 11 is 0. The van der Waals surface area contributed by atoms with Gasteiger partial charge in [0.15, 0.2) is 11.6 Å². The Balaban J connectivity index is 2.32. The molecule has 0 atom stereocenters. The van der Waals surface area contributed by atoms with Gasteiger partial charge in [-0.1, -0.05) is 6.07 Å². The highest BCUT2D eigenvalue weighted by atomic mass is 19.1. The fraction of sp³-hybridized carbons (Fsp3) is 0.417. The molecule has 0 amide bonds. The molecule has 0 heterocycles. The van der Waals surface area contributed by atoms with Gasteiger partial charge in [0, 0.05) is 6.54 Å². The maximum absolute atomic E-state index is 13.3. The molecule has 5 heteroatoms. The Morgan fingerprint density at radius 2 is 2.24 bits per heavy atom. The monoisotopic (exact) mass is 241 g/mol. The number of hydrogen-bond acceptors (Lipinski definition) is 3. The molecule has 0 saturated heterocycles. The first-order chi connectivity index (χ1) is 8.13. The molecule has 1 aromatic rings. The van der Waals surface area contributed by atoms with Crippen LogP contribution in [0.3, 0.4) is 0 Å². The summed E-state index contributed by atoms with van der Waals surface area (Å²) in [5.74, 6) is -0.976. The van der Waals surface area contributed by atoms with E-state index in [1.54, 1.807) is 12.1 Å². The molecule has 0 bridgehead atoms. The first kappa shape index (κ1) is 13.4. The van der Waals surface area contributed by atoms with E-state index in [9.17, 15) is 9.18 Å². The van der Waals surface area contributed by atoms with Crippen LogP contribution in [0.15, 0.2) is 18.2 Å². The molecule has 0 aromatic heterocycles. The Hall–Kier alpha value is -1.62. The van der Waals surface area contributed by atoms with Gasteiger partial charge in [0.25, 0.3) is 0 Å².